The van der Waals surface area contributed by atoms with Crippen LogP contribution in [0.3, 0.4) is 0 Å². The van der Waals surface area contributed by atoms with E-state index in [-0.39, 0.29) is 0 Å². The molecular weight excluding hydrogens is 214 g/mol. The minimum absolute atomic E-state index is 0.945. The standard InChI is InChI=1S/C14H13NS/c1-10-5-4-7-12-14(9-10)16-13-8-3-2-6-11(13)15-12/h2,4-6,8-9H,3,7H2,1H3. The summed E-state index contributed by atoms with van der Waals surface area (Å²) < 4.78 is 0. The number of nitrogens with zero attached hydrogens (tertiary/aromatic N) is 1. The summed E-state index contributed by atoms with van der Waals surface area (Å²) in [5.74, 6) is 0. The highest BCUT2D eigenvalue weighted by Gasteiger charge is 2.19. The normalized spacial score (nSPS) is 22.9. The molecule has 3 aliphatic rings. The van der Waals surface area contributed by atoms with Crippen LogP contribution in [0.15, 0.2) is 62.5 Å². The van der Waals surface area contributed by atoms with Gasteiger partial charge in [0, 0.05) is 16.2 Å². The third kappa shape index (κ3) is 1.74. The minimum atomic E-state index is 0.945. The van der Waals surface area contributed by atoms with Gasteiger partial charge in [0.05, 0.1) is 11.4 Å². The van der Waals surface area contributed by atoms with Crippen molar-refractivity contribution in [3.63, 3.8) is 0 Å². The second-order valence-electron chi connectivity index (χ2n) is 4.11. The maximum Gasteiger partial charge on any atom is 0.0766 e. The lowest BCUT2D eigenvalue weighted by Gasteiger charge is -2.18. The van der Waals surface area contributed by atoms with Gasteiger partial charge in [0.1, 0.15) is 0 Å². The van der Waals surface area contributed by atoms with Gasteiger partial charge in [0.25, 0.3) is 0 Å². The molecule has 0 spiro atoms. The fourth-order valence-electron chi connectivity index (χ4n) is 1.98. The third-order valence-corrected chi connectivity index (χ3v) is 3.95. The quantitative estimate of drug-likeness (QED) is 0.606. The first-order valence-corrected chi connectivity index (χ1v) is 6.36. The molecule has 0 unspecified atom stereocenters. The van der Waals surface area contributed by atoms with E-state index in [1.165, 1.54) is 21.1 Å². The summed E-state index contributed by atoms with van der Waals surface area (Å²) in [6.45, 7) is 2.14. The Kier molecular flexibility index (Phi) is 2.44. The number of hydrogen-bond donors (Lipinski definition) is 0. The van der Waals surface area contributed by atoms with E-state index in [1.54, 1.807) is 0 Å². The highest BCUT2D eigenvalue weighted by atomic mass is 32.2. The van der Waals surface area contributed by atoms with Gasteiger partial charge in [-0.05, 0) is 25.5 Å². The van der Waals surface area contributed by atoms with E-state index in [0.29, 0.717) is 0 Å². The van der Waals surface area contributed by atoms with Gasteiger partial charge in [0.15, 0.2) is 0 Å². The molecule has 1 aliphatic heterocycles. The molecule has 0 radical (unpaired) electrons. The van der Waals surface area contributed by atoms with Crippen LogP contribution in [0.5, 0.6) is 0 Å². The highest BCUT2D eigenvalue weighted by Crippen LogP contribution is 2.39. The first-order chi connectivity index (χ1) is 7.83. The van der Waals surface area contributed by atoms with Crippen molar-refractivity contribution in [1.82, 2.24) is 0 Å². The van der Waals surface area contributed by atoms with Gasteiger partial charge in [-0.15, -0.1) is 0 Å². The SMILES string of the molecule is CC1=CC2=C(CC=C1)N=C1C=CCC=C1S2. The Balaban J connectivity index is 2.07. The maximum atomic E-state index is 4.74. The number of fused-ring (bicyclic) bond motifs is 1. The van der Waals surface area contributed by atoms with Crippen LogP contribution in [0.2, 0.25) is 0 Å². The average Bonchev–Trinajstić information content (AvgIpc) is 2.46. The third-order valence-electron chi connectivity index (χ3n) is 2.78. The predicted molar refractivity (Wildman–Crippen MR) is 71.4 cm³/mol. The molecule has 0 aromatic heterocycles. The molecule has 0 aromatic rings. The lowest BCUT2D eigenvalue weighted by Crippen LogP contribution is -2.05. The molecule has 2 aliphatic carbocycles. The molecule has 1 nitrogen and oxygen atoms in total. The highest BCUT2D eigenvalue weighted by molar-refractivity contribution is 8.07. The van der Waals surface area contributed by atoms with E-state index in [2.05, 4.69) is 43.4 Å². The largest absolute Gasteiger partial charge is 0.251 e. The molecule has 0 fully saturated rings. The Morgan fingerprint density at radius 3 is 3.12 bits per heavy atom. The van der Waals surface area contributed by atoms with Gasteiger partial charge >= 0.3 is 0 Å². The summed E-state index contributed by atoms with van der Waals surface area (Å²) in [6.07, 6.45) is 15.1. The van der Waals surface area contributed by atoms with E-state index in [9.17, 15) is 0 Å². The van der Waals surface area contributed by atoms with Crippen LogP contribution < -0.4 is 0 Å². The summed E-state index contributed by atoms with van der Waals surface area (Å²) >= 11 is 1.86. The smallest absolute Gasteiger partial charge is 0.0766 e. The molecule has 16 heavy (non-hydrogen) atoms. The van der Waals surface area contributed by atoms with E-state index < -0.39 is 0 Å². The van der Waals surface area contributed by atoms with E-state index in [0.717, 1.165) is 18.6 Å². The van der Waals surface area contributed by atoms with Crippen molar-refractivity contribution in [1.29, 1.82) is 0 Å². The van der Waals surface area contributed by atoms with Gasteiger partial charge in [-0.2, -0.15) is 0 Å². The van der Waals surface area contributed by atoms with Crippen LogP contribution in [0.25, 0.3) is 0 Å². The van der Waals surface area contributed by atoms with Crippen molar-refractivity contribution in [2.75, 3.05) is 0 Å². The number of aliphatic imine (C=N–C) groups is 1. The second kappa shape index (κ2) is 3.95. The topological polar surface area (TPSA) is 12.4 Å². The van der Waals surface area contributed by atoms with Crippen LogP contribution in [0.1, 0.15) is 19.8 Å². The Bertz CT molecular complexity index is 513. The zero-order valence-corrected chi connectivity index (χ0v) is 10.1. The Morgan fingerprint density at radius 1 is 1.25 bits per heavy atom. The van der Waals surface area contributed by atoms with Gasteiger partial charge in [-0.25, -0.2) is 0 Å². The molecule has 0 atom stereocenters. The average molecular weight is 227 g/mol. The van der Waals surface area contributed by atoms with E-state index in [1.807, 2.05) is 11.8 Å². The van der Waals surface area contributed by atoms with Crippen LogP contribution in [0.4, 0.5) is 0 Å². The zero-order chi connectivity index (χ0) is 11.0. The molecule has 1 heterocycles. The van der Waals surface area contributed by atoms with Gasteiger partial charge in [-0.3, -0.25) is 4.99 Å². The van der Waals surface area contributed by atoms with Gasteiger partial charge < -0.3 is 0 Å². The molecule has 0 amide bonds. The predicted octanol–water partition coefficient (Wildman–Crippen LogP) is 4.14. The Hall–Kier alpha value is -1.28. The molecule has 0 N–H and O–H groups in total. The van der Waals surface area contributed by atoms with Crippen LogP contribution in [-0.4, -0.2) is 5.71 Å². The molecule has 0 aromatic carbocycles. The van der Waals surface area contributed by atoms with Gasteiger partial charge in [-0.1, -0.05) is 41.6 Å². The summed E-state index contributed by atoms with van der Waals surface area (Å²) in [5.41, 5.74) is 3.65. The van der Waals surface area contributed by atoms with Crippen LogP contribution >= 0.6 is 11.8 Å². The molecule has 2 heteroatoms. The van der Waals surface area contributed by atoms with Crippen molar-refractivity contribution in [3.8, 4) is 0 Å². The molecular formula is C14H13NS. The lowest BCUT2D eigenvalue weighted by molar-refractivity contribution is 1.16. The van der Waals surface area contributed by atoms with E-state index in [4.69, 9.17) is 4.99 Å². The summed E-state index contributed by atoms with van der Waals surface area (Å²) in [7, 11) is 0. The molecule has 0 saturated carbocycles. The van der Waals surface area contributed by atoms with E-state index >= 15 is 0 Å². The fraction of sp³-hybridized carbons (Fsp3) is 0.214. The van der Waals surface area contributed by atoms with Crippen molar-refractivity contribution in [3.05, 3.63) is 57.5 Å². The summed E-state index contributed by atoms with van der Waals surface area (Å²) in [5, 5.41) is 0. The van der Waals surface area contributed by atoms with Crippen LogP contribution in [-0.2, 0) is 0 Å². The molecule has 3 rings (SSSR count). The monoisotopic (exact) mass is 227 g/mol. The zero-order valence-electron chi connectivity index (χ0n) is 9.23. The van der Waals surface area contributed by atoms with Crippen molar-refractivity contribution >= 4 is 17.5 Å². The number of thioether (sulfide) groups is 1. The summed E-state index contributed by atoms with van der Waals surface area (Å²) in [6, 6.07) is 0. The molecule has 0 saturated heterocycles. The van der Waals surface area contributed by atoms with Crippen molar-refractivity contribution in [2.24, 2.45) is 4.99 Å². The second-order valence-corrected chi connectivity index (χ2v) is 5.20. The lowest BCUT2D eigenvalue weighted by atomic mass is 10.1. The first kappa shape index (κ1) is 9.91. The van der Waals surface area contributed by atoms with Crippen molar-refractivity contribution in [2.45, 2.75) is 19.8 Å². The molecule has 80 valence electrons. The van der Waals surface area contributed by atoms with Crippen LogP contribution in [0, 0.1) is 0 Å². The molecule has 0 bridgehead atoms. The number of rotatable bonds is 0. The fourth-order valence-corrected chi connectivity index (χ4v) is 3.10. The van der Waals surface area contributed by atoms with Crippen molar-refractivity contribution < 1.29 is 0 Å². The Morgan fingerprint density at radius 2 is 2.19 bits per heavy atom. The number of hydrogen-bond acceptors (Lipinski definition) is 2. The number of allylic oxidation sites excluding steroid dienone is 8. The Labute approximate surface area is 100 Å². The maximum absolute atomic E-state index is 4.74. The summed E-state index contributed by atoms with van der Waals surface area (Å²) in [4.78, 5) is 7.37. The first-order valence-electron chi connectivity index (χ1n) is 5.54. The van der Waals surface area contributed by atoms with Gasteiger partial charge in [0.2, 0.25) is 0 Å². The minimum Gasteiger partial charge on any atom is -0.251 e.